The summed E-state index contributed by atoms with van der Waals surface area (Å²) in [6.45, 7) is 0.126. The summed E-state index contributed by atoms with van der Waals surface area (Å²) in [6.07, 6.45) is -0.908. The topological polar surface area (TPSA) is 91.9 Å². The van der Waals surface area contributed by atoms with Crippen LogP contribution in [0.2, 0.25) is 0 Å². The van der Waals surface area contributed by atoms with Crippen LogP contribution in [0.25, 0.3) is 10.9 Å². The number of aromatic amines is 1. The zero-order valence-corrected chi connectivity index (χ0v) is 15.5. The fourth-order valence-electron chi connectivity index (χ4n) is 4.15. The number of H-pyrrole nitrogens is 1. The molecule has 7 nitrogen and oxygen atoms in total. The minimum atomic E-state index is -1.18. The molecule has 2 aliphatic rings. The van der Waals surface area contributed by atoms with E-state index in [-0.39, 0.29) is 13.2 Å². The van der Waals surface area contributed by atoms with Crippen LogP contribution in [0, 0.1) is 0 Å². The van der Waals surface area contributed by atoms with Gasteiger partial charge in [-0.2, -0.15) is 0 Å². The molecule has 1 aromatic heterocycles. The second kappa shape index (κ2) is 6.20. The molecule has 8 heteroatoms. The van der Waals surface area contributed by atoms with Crippen molar-refractivity contribution in [1.82, 2.24) is 9.88 Å². The van der Waals surface area contributed by atoms with Crippen LogP contribution in [0.15, 0.2) is 42.5 Å². The van der Waals surface area contributed by atoms with Gasteiger partial charge in [-0.05, 0) is 29.3 Å². The number of nitrogens with one attached hydrogen (secondary N) is 1. The molecular weight excluding hydrogens is 380 g/mol. The first-order valence-electron chi connectivity index (χ1n) is 8.77. The van der Waals surface area contributed by atoms with Gasteiger partial charge in [-0.1, -0.05) is 24.3 Å². The third-order valence-corrected chi connectivity index (χ3v) is 5.65. The van der Waals surface area contributed by atoms with Crippen molar-refractivity contribution in [2.45, 2.75) is 18.5 Å². The number of hydrogen-bond acceptors (Lipinski definition) is 4. The van der Waals surface area contributed by atoms with E-state index in [1.54, 1.807) is 18.2 Å². The van der Waals surface area contributed by atoms with E-state index >= 15 is 0 Å². The quantitative estimate of drug-likeness (QED) is 0.578. The Labute approximate surface area is 165 Å². The molecule has 1 amide bonds. The highest BCUT2D eigenvalue weighted by Gasteiger charge is 2.43. The molecule has 2 atom stereocenters. The Morgan fingerprint density at radius 1 is 1.14 bits per heavy atom. The Morgan fingerprint density at radius 3 is 2.71 bits per heavy atom. The summed E-state index contributed by atoms with van der Waals surface area (Å²) in [5.74, 6) is 1.17. The lowest BCUT2D eigenvalue weighted by molar-refractivity contribution is -0.115. The lowest BCUT2D eigenvalue weighted by atomic mass is 9.88. The largest absolute Gasteiger partial charge is 0.465 e. The summed E-state index contributed by atoms with van der Waals surface area (Å²) >= 11 is 3.98. The first-order valence-corrected chi connectivity index (χ1v) is 9.22. The maximum absolute atomic E-state index is 12.2. The SMILES string of the molecule is O=C(S)[C@H]1Cc2c([nH]c3ccccc23)[C@@H](c2ccc3c(c2)OCO3)N1C(=O)O. The first kappa shape index (κ1) is 17.0. The Kier molecular flexibility index (Phi) is 3.77. The van der Waals surface area contributed by atoms with Crippen molar-refractivity contribution in [2.75, 3.05) is 6.79 Å². The molecule has 0 aliphatic carbocycles. The number of rotatable bonds is 2. The number of para-hydroxylation sites is 1. The van der Waals surface area contributed by atoms with E-state index < -0.39 is 23.3 Å². The van der Waals surface area contributed by atoms with Gasteiger partial charge in [-0.3, -0.25) is 9.69 Å². The Bertz CT molecular complexity index is 1120. The van der Waals surface area contributed by atoms with Crippen LogP contribution in [0.1, 0.15) is 22.9 Å². The van der Waals surface area contributed by atoms with Crippen LogP contribution in [0.4, 0.5) is 4.79 Å². The predicted molar refractivity (Wildman–Crippen MR) is 104 cm³/mol. The number of thiol groups is 1. The predicted octanol–water partition coefficient (Wildman–Crippen LogP) is 3.35. The molecule has 2 aliphatic heterocycles. The van der Waals surface area contributed by atoms with E-state index in [2.05, 4.69) is 17.6 Å². The van der Waals surface area contributed by atoms with Gasteiger partial charge in [0.05, 0.1) is 0 Å². The number of ether oxygens (including phenoxy) is 2. The van der Waals surface area contributed by atoms with E-state index in [1.165, 1.54) is 4.90 Å². The molecule has 0 saturated carbocycles. The van der Waals surface area contributed by atoms with Gasteiger partial charge in [0.25, 0.3) is 0 Å². The number of carboxylic acid groups (broad SMARTS) is 1. The second-order valence-corrected chi connectivity index (χ2v) is 7.27. The molecular formula is C20H16N2O5S. The molecule has 0 unspecified atom stereocenters. The molecule has 2 aromatic carbocycles. The number of benzene rings is 2. The molecule has 3 heterocycles. The zero-order valence-electron chi connectivity index (χ0n) is 14.6. The van der Waals surface area contributed by atoms with Gasteiger partial charge in [-0.25, -0.2) is 4.79 Å². The molecule has 28 heavy (non-hydrogen) atoms. The standard InChI is InChI=1S/C20H16N2O5S/c23-19(28)14-8-12-11-3-1-2-4-13(11)21-17(12)18(22(14)20(24)25)10-5-6-15-16(7-10)27-9-26-15/h1-7,14,18,21H,8-9H2,(H,23,28)(H,24,25)/t14-,18-/m1/s1. The molecule has 5 rings (SSSR count). The van der Waals surface area contributed by atoms with Gasteiger partial charge in [0.15, 0.2) is 11.5 Å². The smallest absolute Gasteiger partial charge is 0.408 e. The van der Waals surface area contributed by atoms with E-state index in [1.807, 2.05) is 24.3 Å². The molecule has 2 N–H and O–H groups in total. The molecule has 142 valence electrons. The molecule has 0 radical (unpaired) electrons. The van der Waals surface area contributed by atoms with Gasteiger partial charge in [-0.15, -0.1) is 12.6 Å². The fraction of sp³-hybridized carbons (Fsp3) is 0.200. The maximum atomic E-state index is 12.2. The minimum absolute atomic E-state index is 0.126. The Balaban J connectivity index is 1.76. The lowest BCUT2D eigenvalue weighted by Gasteiger charge is -2.39. The monoisotopic (exact) mass is 396 g/mol. The summed E-state index contributed by atoms with van der Waals surface area (Å²) < 4.78 is 10.8. The van der Waals surface area contributed by atoms with Crippen molar-refractivity contribution in [1.29, 1.82) is 0 Å². The number of nitrogens with zero attached hydrogens (tertiary/aromatic N) is 1. The van der Waals surface area contributed by atoms with Crippen LogP contribution in [-0.4, -0.2) is 39.0 Å². The average molecular weight is 396 g/mol. The van der Waals surface area contributed by atoms with Gasteiger partial charge in [0.2, 0.25) is 11.9 Å². The Morgan fingerprint density at radius 2 is 1.93 bits per heavy atom. The molecule has 3 aromatic rings. The van der Waals surface area contributed by atoms with E-state index in [0.29, 0.717) is 17.1 Å². The Hall–Kier alpha value is -3.13. The van der Waals surface area contributed by atoms with Gasteiger partial charge < -0.3 is 19.6 Å². The lowest BCUT2D eigenvalue weighted by Crippen LogP contribution is -2.49. The fourth-order valence-corrected chi connectivity index (χ4v) is 4.36. The van der Waals surface area contributed by atoms with Crippen molar-refractivity contribution in [3.63, 3.8) is 0 Å². The van der Waals surface area contributed by atoms with E-state index in [9.17, 15) is 14.7 Å². The molecule has 0 saturated heterocycles. The summed E-state index contributed by atoms with van der Waals surface area (Å²) in [4.78, 5) is 29.0. The van der Waals surface area contributed by atoms with Crippen LogP contribution in [0.5, 0.6) is 11.5 Å². The van der Waals surface area contributed by atoms with Crippen LogP contribution in [-0.2, 0) is 11.2 Å². The van der Waals surface area contributed by atoms with Gasteiger partial charge in [0.1, 0.15) is 12.1 Å². The highest BCUT2D eigenvalue weighted by Crippen LogP contribution is 2.43. The van der Waals surface area contributed by atoms with E-state index in [0.717, 1.165) is 22.2 Å². The van der Waals surface area contributed by atoms with Crippen LogP contribution < -0.4 is 9.47 Å². The number of fused-ring (bicyclic) bond motifs is 4. The third kappa shape index (κ3) is 2.45. The summed E-state index contributed by atoms with van der Waals surface area (Å²) in [7, 11) is 0. The summed E-state index contributed by atoms with van der Waals surface area (Å²) in [6, 6.07) is 11.5. The van der Waals surface area contributed by atoms with Crippen molar-refractivity contribution in [2.24, 2.45) is 0 Å². The van der Waals surface area contributed by atoms with Crippen molar-refractivity contribution < 1.29 is 24.2 Å². The molecule has 0 fully saturated rings. The van der Waals surface area contributed by atoms with Crippen LogP contribution >= 0.6 is 12.6 Å². The first-order chi connectivity index (χ1) is 13.5. The summed E-state index contributed by atoms with van der Waals surface area (Å²) in [5.41, 5.74) is 3.28. The average Bonchev–Trinajstić information content (AvgIpc) is 3.29. The van der Waals surface area contributed by atoms with Crippen LogP contribution in [0.3, 0.4) is 0 Å². The maximum Gasteiger partial charge on any atom is 0.408 e. The second-order valence-electron chi connectivity index (χ2n) is 6.83. The van der Waals surface area contributed by atoms with Crippen molar-refractivity contribution in [3.05, 3.63) is 59.3 Å². The van der Waals surface area contributed by atoms with Crippen molar-refractivity contribution >= 4 is 34.7 Å². The highest BCUT2D eigenvalue weighted by atomic mass is 32.1. The molecule has 0 bridgehead atoms. The number of carbonyl (C=O) groups excluding carboxylic acids is 1. The van der Waals surface area contributed by atoms with Gasteiger partial charge >= 0.3 is 6.09 Å². The number of aromatic nitrogens is 1. The zero-order chi connectivity index (χ0) is 19.4. The number of carbonyl (C=O) groups is 2. The minimum Gasteiger partial charge on any atom is -0.465 e. The van der Waals surface area contributed by atoms with Crippen molar-refractivity contribution in [3.8, 4) is 11.5 Å². The number of amides is 1. The highest BCUT2D eigenvalue weighted by molar-refractivity contribution is 7.96. The van der Waals surface area contributed by atoms with Gasteiger partial charge in [0, 0.05) is 23.0 Å². The summed E-state index contributed by atoms with van der Waals surface area (Å²) in [5, 5.41) is 10.5. The normalized spacial score (nSPS) is 20.2. The number of hydrogen-bond donors (Lipinski definition) is 3. The molecule has 0 spiro atoms. The van der Waals surface area contributed by atoms with E-state index in [4.69, 9.17) is 9.47 Å². The third-order valence-electron chi connectivity index (χ3n) is 5.35.